The predicted molar refractivity (Wildman–Crippen MR) is 149 cm³/mol. The Hall–Kier alpha value is -4.45. The largest absolute Gasteiger partial charge is 0.509 e. The monoisotopic (exact) mass is 558 g/mol. The van der Waals surface area contributed by atoms with Gasteiger partial charge in [-0.1, -0.05) is 60.7 Å². The van der Waals surface area contributed by atoms with Gasteiger partial charge in [0.2, 0.25) is 0 Å². The molecule has 2 N–H and O–H groups in total. The third-order valence-electron chi connectivity index (χ3n) is 6.97. The second-order valence-electron chi connectivity index (χ2n) is 9.71. The zero-order valence-electron chi connectivity index (χ0n) is 22.6. The highest BCUT2D eigenvalue weighted by Gasteiger charge is 2.33. The molecule has 3 aromatic carbocycles. The number of carbonyl (C=O) groups excluding carboxylic acids is 1. The van der Waals surface area contributed by atoms with Crippen molar-refractivity contribution in [2.45, 2.75) is 45.6 Å². The number of benzene rings is 3. The van der Waals surface area contributed by atoms with Crippen LogP contribution in [-0.4, -0.2) is 58.5 Å². The van der Waals surface area contributed by atoms with Crippen LogP contribution in [0.25, 0.3) is 22.2 Å². The Labute approximate surface area is 236 Å². The average molecular weight is 559 g/mol. The molecule has 212 valence electrons. The van der Waals surface area contributed by atoms with E-state index in [1.54, 1.807) is 6.92 Å². The van der Waals surface area contributed by atoms with Crippen LogP contribution in [0.5, 0.6) is 6.01 Å². The Morgan fingerprint density at radius 1 is 1.02 bits per heavy atom. The van der Waals surface area contributed by atoms with E-state index in [1.807, 2.05) is 49.4 Å². The Balaban J connectivity index is 1.25. The van der Waals surface area contributed by atoms with E-state index < -0.39 is 18.7 Å². The van der Waals surface area contributed by atoms with Crippen molar-refractivity contribution in [3.63, 3.8) is 0 Å². The van der Waals surface area contributed by atoms with Crippen LogP contribution >= 0.6 is 0 Å². The maximum atomic E-state index is 11.4. The molecule has 4 aromatic rings. The van der Waals surface area contributed by atoms with Crippen molar-refractivity contribution in [3.8, 4) is 17.1 Å². The fraction of sp³-hybridized carbons (Fsp3) is 0.300. The van der Waals surface area contributed by atoms with Crippen molar-refractivity contribution >= 4 is 23.0 Å². The quantitative estimate of drug-likeness (QED) is 0.276. The summed E-state index contributed by atoms with van der Waals surface area (Å²) in [4.78, 5) is 25.2. The molecule has 3 heterocycles. The highest BCUT2D eigenvalue weighted by Crippen LogP contribution is 2.29. The van der Waals surface area contributed by atoms with Gasteiger partial charge < -0.3 is 24.1 Å². The summed E-state index contributed by atoms with van der Waals surface area (Å²) in [5.41, 5.74) is 9.19. The number of hydrogen-bond acceptors (Lipinski definition) is 10. The first kappa shape index (κ1) is 26.8. The molecule has 0 amide bonds. The van der Waals surface area contributed by atoms with Gasteiger partial charge in [-0.05, 0) is 36.6 Å². The van der Waals surface area contributed by atoms with Crippen molar-refractivity contribution in [1.29, 1.82) is 0 Å². The average Bonchev–Trinajstić information content (AvgIpc) is 3.66. The first-order valence-corrected chi connectivity index (χ1v) is 13.4. The number of aromatic nitrogens is 2. The Kier molecular flexibility index (Phi) is 7.55. The third kappa shape index (κ3) is 5.60. The van der Waals surface area contributed by atoms with Gasteiger partial charge in [-0.25, -0.2) is 20.1 Å². The Morgan fingerprint density at radius 2 is 1.83 bits per heavy atom. The van der Waals surface area contributed by atoms with Crippen LogP contribution in [0.15, 0.2) is 71.7 Å². The van der Waals surface area contributed by atoms with Crippen LogP contribution in [0.1, 0.15) is 30.5 Å². The first-order valence-electron chi connectivity index (χ1n) is 13.4. The van der Waals surface area contributed by atoms with E-state index in [1.165, 1.54) is 0 Å². The highest BCUT2D eigenvalue weighted by molar-refractivity contribution is 6.04. The molecule has 0 aliphatic carbocycles. The Bertz CT molecular complexity index is 1580. The third-order valence-corrected chi connectivity index (χ3v) is 6.97. The summed E-state index contributed by atoms with van der Waals surface area (Å²) in [6.07, 6.45) is -2.69. The maximum Gasteiger partial charge on any atom is 0.509 e. The molecule has 0 bridgehead atoms. The van der Waals surface area contributed by atoms with Gasteiger partial charge in [0.15, 0.2) is 11.9 Å². The molecule has 3 unspecified atom stereocenters. The van der Waals surface area contributed by atoms with Crippen molar-refractivity contribution in [2.24, 2.45) is 4.99 Å². The number of aliphatic hydroxyl groups excluding tert-OH is 1. The lowest BCUT2D eigenvalue weighted by Crippen LogP contribution is -2.25. The van der Waals surface area contributed by atoms with Gasteiger partial charge >= 0.3 is 6.16 Å². The fourth-order valence-corrected chi connectivity index (χ4v) is 4.98. The van der Waals surface area contributed by atoms with Crippen molar-refractivity contribution < 1.29 is 33.7 Å². The second-order valence-corrected chi connectivity index (χ2v) is 9.71. The van der Waals surface area contributed by atoms with Crippen LogP contribution in [0, 0.1) is 0 Å². The van der Waals surface area contributed by atoms with Crippen LogP contribution < -0.4 is 10.2 Å². The summed E-state index contributed by atoms with van der Waals surface area (Å²) in [6, 6.07) is 22.5. The van der Waals surface area contributed by atoms with E-state index in [4.69, 9.17) is 28.8 Å². The second kappa shape index (κ2) is 11.6. The Morgan fingerprint density at radius 3 is 2.54 bits per heavy atom. The van der Waals surface area contributed by atoms with Gasteiger partial charge in [0.25, 0.3) is 12.4 Å². The highest BCUT2D eigenvalue weighted by atomic mass is 16.8. The zero-order chi connectivity index (χ0) is 28.3. The molecule has 6 rings (SSSR count). The first-order chi connectivity index (χ1) is 20.0. The molecule has 41 heavy (non-hydrogen) atoms. The number of aliphatic imine (C=N–C) groups is 1. The molecule has 2 aliphatic rings. The van der Waals surface area contributed by atoms with Crippen LogP contribution in [0.2, 0.25) is 0 Å². The van der Waals surface area contributed by atoms with Crippen LogP contribution in [0.4, 0.5) is 4.79 Å². The molecular weight excluding hydrogens is 528 g/mol. The van der Waals surface area contributed by atoms with E-state index in [9.17, 15) is 9.90 Å². The molecule has 0 saturated carbocycles. The number of hydrogen-bond donors (Lipinski definition) is 2. The smallest absolute Gasteiger partial charge is 0.465 e. The molecule has 1 aromatic heterocycles. The molecule has 2 aliphatic heterocycles. The summed E-state index contributed by atoms with van der Waals surface area (Å²) in [6.45, 7) is 5.26. The number of nitrogens with zero attached hydrogens (tertiary/aromatic N) is 3. The number of para-hydroxylation sites is 1. The van der Waals surface area contributed by atoms with Crippen molar-refractivity contribution in [1.82, 2.24) is 15.0 Å². The minimum Gasteiger partial charge on any atom is -0.465 e. The van der Waals surface area contributed by atoms with Gasteiger partial charge in [-0.15, -0.1) is 0 Å². The van der Waals surface area contributed by atoms with Gasteiger partial charge in [-0.2, -0.15) is 4.98 Å². The summed E-state index contributed by atoms with van der Waals surface area (Å²) in [7, 11) is 0. The van der Waals surface area contributed by atoms with Gasteiger partial charge in [0.1, 0.15) is 6.10 Å². The molecule has 1 saturated heterocycles. The van der Waals surface area contributed by atoms with Crippen LogP contribution in [0.3, 0.4) is 0 Å². The number of imidazole rings is 1. The molecule has 0 spiro atoms. The van der Waals surface area contributed by atoms with E-state index in [0.29, 0.717) is 31.6 Å². The lowest BCUT2D eigenvalue weighted by Gasteiger charge is -2.14. The molecule has 0 radical (unpaired) electrons. The molecule has 1 fully saturated rings. The summed E-state index contributed by atoms with van der Waals surface area (Å²) in [5.74, 6) is 0.478. The number of rotatable bonds is 10. The number of fused-ring (bicyclic) bond motifs is 1. The minimum atomic E-state index is -1.22. The zero-order valence-corrected chi connectivity index (χ0v) is 22.6. The number of carbonyl (C=O) groups is 1. The van der Waals surface area contributed by atoms with Crippen molar-refractivity contribution in [3.05, 3.63) is 83.4 Å². The summed E-state index contributed by atoms with van der Waals surface area (Å²) in [5, 5.41) is 9.63. The van der Waals surface area contributed by atoms with Crippen molar-refractivity contribution in [2.75, 3.05) is 13.2 Å². The summed E-state index contributed by atoms with van der Waals surface area (Å²) >= 11 is 0. The number of ether oxygens (including phenoxy) is 4. The fourth-order valence-electron chi connectivity index (χ4n) is 4.98. The minimum absolute atomic E-state index is 0.228. The SMILES string of the molecule is CCOc1nc2cccc(COCC3OC(=O)OC3C)c2n1Cc1ccc(-c2ccccc2C2=NC(O)ON2)cc1. The summed E-state index contributed by atoms with van der Waals surface area (Å²) < 4.78 is 24.1. The molecular formula is C30H30N4O7. The predicted octanol–water partition coefficient (Wildman–Crippen LogP) is 4.15. The molecule has 11 nitrogen and oxygen atoms in total. The van der Waals surface area contributed by atoms with E-state index in [-0.39, 0.29) is 12.7 Å². The van der Waals surface area contributed by atoms with E-state index in [2.05, 4.69) is 39.3 Å². The van der Waals surface area contributed by atoms with Gasteiger partial charge in [-0.3, -0.25) is 4.57 Å². The van der Waals surface area contributed by atoms with E-state index in [0.717, 1.165) is 38.9 Å². The number of nitrogens with one attached hydrogen (secondary N) is 1. The number of hydroxylamine groups is 1. The van der Waals surface area contributed by atoms with Gasteiger partial charge in [0.05, 0.1) is 37.4 Å². The number of cyclic esters (lactones) is 2. The standard InChI is InChI=1S/C30H30N4O7/c1-3-38-28-31-24-10-6-7-21(16-37-17-25-18(2)39-30(36)40-25)26(24)34(28)15-19-11-13-20(14-12-19)22-8-4-5-9-23(22)27-32-29(35)41-33-27/h4-14,18,25,29,35H,3,15-17H2,1-2H3,(H,32,33). The maximum absolute atomic E-state index is 11.4. The number of aliphatic hydroxyl groups is 1. The lowest BCUT2D eigenvalue weighted by atomic mass is 9.98. The molecule has 11 heteroatoms. The molecule has 3 atom stereocenters. The van der Waals surface area contributed by atoms with Gasteiger partial charge in [0, 0.05) is 11.1 Å². The lowest BCUT2D eigenvalue weighted by molar-refractivity contribution is -0.102. The van der Waals surface area contributed by atoms with E-state index >= 15 is 0 Å². The number of amidine groups is 1. The van der Waals surface area contributed by atoms with Crippen LogP contribution in [-0.2, 0) is 32.2 Å². The normalized spacial score (nSPS) is 20.0. The topological polar surface area (TPSA) is 126 Å².